The van der Waals surface area contributed by atoms with Crippen LogP contribution in [-0.2, 0) is 11.3 Å². The lowest BCUT2D eigenvalue weighted by Gasteiger charge is -2.15. The molecule has 2 rings (SSSR count). The number of hydrogen-bond acceptors (Lipinski definition) is 2. The third-order valence-electron chi connectivity index (χ3n) is 3.78. The van der Waals surface area contributed by atoms with Crippen LogP contribution >= 0.6 is 0 Å². The van der Waals surface area contributed by atoms with E-state index in [1.165, 1.54) is 11.6 Å². The summed E-state index contributed by atoms with van der Waals surface area (Å²) in [5, 5.41) is 6.58. The SMILES string of the molecule is CCNC(=NCc1ccc(F)c(C)c1)NCCC1=CCOCC1. The van der Waals surface area contributed by atoms with E-state index in [1.807, 2.05) is 13.0 Å². The highest BCUT2D eigenvalue weighted by Gasteiger charge is 2.04. The lowest BCUT2D eigenvalue weighted by atomic mass is 10.1. The minimum atomic E-state index is -0.174. The van der Waals surface area contributed by atoms with Crippen molar-refractivity contribution in [2.24, 2.45) is 4.99 Å². The molecule has 0 aromatic heterocycles. The Labute approximate surface area is 137 Å². The first-order chi connectivity index (χ1) is 11.2. The molecule has 0 saturated carbocycles. The number of hydrogen-bond donors (Lipinski definition) is 2. The topological polar surface area (TPSA) is 45.7 Å². The molecule has 1 aliphatic rings. The largest absolute Gasteiger partial charge is 0.377 e. The monoisotopic (exact) mass is 319 g/mol. The van der Waals surface area contributed by atoms with Crippen molar-refractivity contribution in [1.29, 1.82) is 0 Å². The zero-order valence-electron chi connectivity index (χ0n) is 14.0. The number of benzene rings is 1. The molecule has 126 valence electrons. The molecule has 1 aromatic rings. The molecule has 5 heteroatoms. The summed E-state index contributed by atoms with van der Waals surface area (Å²) in [5.74, 6) is 0.620. The van der Waals surface area contributed by atoms with Gasteiger partial charge in [-0.3, -0.25) is 0 Å². The van der Waals surface area contributed by atoms with Gasteiger partial charge in [0.1, 0.15) is 5.82 Å². The molecule has 0 atom stereocenters. The van der Waals surface area contributed by atoms with Gasteiger partial charge >= 0.3 is 0 Å². The van der Waals surface area contributed by atoms with Gasteiger partial charge in [0.15, 0.2) is 5.96 Å². The van der Waals surface area contributed by atoms with Crippen molar-refractivity contribution in [1.82, 2.24) is 10.6 Å². The Morgan fingerprint density at radius 3 is 2.91 bits per heavy atom. The lowest BCUT2D eigenvalue weighted by molar-refractivity contribution is 0.153. The fraction of sp³-hybridized carbons (Fsp3) is 0.500. The molecule has 1 aromatic carbocycles. The second-order valence-corrected chi connectivity index (χ2v) is 5.64. The van der Waals surface area contributed by atoms with Crippen LogP contribution in [-0.4, -0.2) is 32.3 Å². The maximum absolute atomic E-state index is 13.3. The second-order valence-electron chi connectivity index (χ2n) is 5.64. The van der Waals surface area contributed by atoms with Crippen LogP contribution in [0.1, 0.15) is 30.9 Å². The van der Waals surface area contributed by atoms with E-state index >= 15 is 0 Å². The van der Waals surface area contributed by atoms with E-state index in [0.29, 0.717) is 12.1 Å². The Balaban J connectivity index is 1.86. The van der Waals surface area contributed by atoms with E-state index in [9.17, 15) is 4.39 Å². The Morgan fingerprint density at radius 2 is 2.22 bits per heavy atom. The van der Waals surface area contributed by atoms with Gasteiger partial charge in [0.05, 0.1) is 19.8 Å². The number of aryl methyl sites for hydroxylation is 1. The molecule has 2 N–H and O–H groups in total. The van der Waals surface area contributed by atoms with Gasteiger partial charge in [-0.25, -0.2) is 9.38 Å². The molecule has 0 spiro atoms. The number of rotatable bonds is 6. The van der Waals surface area contributed by atoms with Gasteiger partial charge in [0.2, 0.25) is 0 Å². The van der Waals surface area contributed by atoms with Gasteiger partial charge in [0, 0.05) is 13.1 Å². The fourth-order valence-corrected chi connectivity index (χ4v) is 2.45. The molecule has 0 unspecified atom stereocenters. The van der Waals surface area contributed by atoms with E-state index < -0.39 is 0 Å². The van der Waals surface area contributed by atoms with Gasteiger partial charge in [-0.15, -0.1) is 0 Å². The maximum atomic E-state index is 13.3. The molecular formula is C18H26FN3O. The van der Waals surface area contributed by atoms with E-state index in [2.05, 4.69) is 21.7 Å². The summed E-state index contributed by atoms with van der Waals surface area (Å²) in [6, 6.07) is 5.12. The first-order valence-corrected chi connectivity index (χ1v) is 8.22. The molecular weight excluding hydrogens is 293 g/mol. The summed E-state index contributed by atoms with van der Waals surface area (Å²) >= 11 is 0. The first-order valence-electron chi connectivity index (χ1n) is 8.22. The van der Waals surface area contributed by atoms with Crippen LogP contribution in [0.4, 0.5) is 4.39 Å². The van der Waals surface area contributed by atoms with Crippen LogP contribution in [0.25, 0.3) is 0 Å². The lowest BCUT2D eigenvalue weighted by Crippen LogP contribution is -2.38. The third-order valence-corrected chi connectivity index (χ3v) is 3.78. The zero-order valence-corrected chi connectivity index (χ0v) is 14.0. The van der Waals surface area contributed by atoms with Crippen LogP contribution in [0, 0.1) is 12.7 Å². The summed E-state index contributed by atoms with van der Waals surface area (Å²) in [5.41, 5.74) is 3.10. The fourth-order valence-electron chi connectivity index (χ4n) is 2.45. The summed E-state index contributed by atoms with van der Waals surface area (Å²) in [7, 11) is 0. The summed E-state index contributed by atoms with van der Waals surface area (Å²) in [4.78, 5) is 4.56. The first kappa shape index (κ1) is 17.5. The Morgan fingerprint density at radius 1 is 1.35 bits per heavy atom. The van der Waals surface area contributed by atoms with Crippen LogP contribution in [0.5, 0.6) is 0 Å². The highest BCUT2D eigenvalue weighted by Crippen LogP contribution is 2.11. The predicted molar refractivity (Wildman–Crippen MR) is 92.1 cm³/mol. The van der Waals surface area contributed by atoms with Crippen LogP contribution in [0.3, 0.4) is 0 Å². The number of halogens is 1. The van der Waals surface area contributed by atoms with Crippen molar-refractivity contribution >= 4 is 5.96 Å². The minimum Gasteiger partial charge on any atom is -0.377 e. The van der Waals surface area contributed by atoms with E-state index in [-0.39, 0.29) is 5.82 Å². The Bertz CT molecular complexity index is 569. The zero-order chi connectivity index (χ0) is 16.5. The standard InChI is InChI=1S/C18H26FN3O/c1-3-20-18(21-9-6-15-7-10-23-11-8-15)22-13-16-4-5-17(19)14(2)12-16/h4-5,7,12H,3,6,8-11,13H2,1-2H3,(H2,20,21,22). The smallest absolute Gasteiger partial charge is 0.191 e. The highest BCUT2D eigenvalue weighted by atomic mass is 19.1. The van der Waals surface area contributed by atoms with Crippen LogP contribution in [0.2, 0.25) is 0 Å². The van der Waals surface area contributed by atoms with E-state index in [4.69, 9.17) is 4.74 Å². The molecule has 23 heavy (non-hydrogen) atoms. The van der Waals surface area contributed by atoms with Gasteiger partial charge in [-0.2, -0.15) is 0 Å². The molecule has 1 heterocycles. The quantitative estimate of drug-likeness (QED) is 0.481. The number of ether oxygens (including phenoxy) is 1. The van der Waals surface area contributed by atoms with Gasteiger partial charge < -0.3 is 15.4 Å². The van der Waals surface area contributed by atoms with E-state index in [1.54, 1.807) is 13.0 Å². The van der Waals surface area contributed by atoms with Crippen LogP contribution < -0.4 is 10.6 Å². The molecule has 0 aliphatic carbocycles. The Hall–Kier alpha value is -1.88. The predicted octanol–water partition coefficient (Wildman–Crippen LogP) is 2.93. The molecule has 0 radical (unpaired) electrons. The van der Waals surface area contributed by atoms with Gasteiger partial charge in [0.25, 0.3) is 0 Å². The van der Waals surface area contributed by atoms with Crippen LogP contribution in [0.15, 0.2) is 34.8 Å². The second kappa shape index (κ2) is 9.30. The summed E-state index contributed by atoms with van der Waals surface area (Å²) < 4.78 is 18.6. The minimum absolute atomic E-state index is 0.174. The molecule has 1 aliphatic heterocycles. The maximum Gasteiger partial charge on any atom is 0.191 e. The molecule has 0 fully saturated rings. The van der Waals surface area contributed by atoms with Crippen molar-refractivity contribution in [3.8, 4) is 0 Å². The molecule has 0 amide bonds. The number of nitrogens with zero attached hydrogens (tertiary/aromatic N) is 1. The molecule has 0 bridgehead atoms. The van der Waals surface area contributed by atoms with Gasteiger partial charge in [-0.05, 0) is 43.9 Å². The average molecular weight is 319 g/mol. The van der Waals surface area contributed by atoms with Crippen molar-refractivity contribution in [3.63, 3.8) is 0 Å². The van der Waals surface area contributed by atoms with Crippen molar-refractivity contribution in [3.05, 3.63) is 46.8 Å². The summed E-state index contributed by atoms with van der Waals surface area (Å²) in [6.45, 7) is 7.56. The third kappa shape index (κ3) is 6.02. The van der Waals surface area contributed by atoms with Crippen molar-refractivity contribution in [2.75, 3.05) is 26.3 Å². The Kier molecular flexibility index (Phi) is 7.07. The number of nitrogens with one attached hydrogen (secondary N) is 2. The van der Waals surface area contributed by atoms with Gasteiger partial charge in [-0.1, -0.05) is 23.8 Å². The van der Waals surface area contributed by atoms with Crippen molar-refractivity contribution < 1.29 is 9.13 Å². The highest BCUT2D eigenvalue weighted by molar-refractivity contribution is 5.79. The molecule has 4 nitrogen and oxygen atoms in total. The van der Waals surface area contributed by atoms with Crippen molar-refractivity contribution in [2.45, 2.75) is 33.2 Å². The number of guanidine groups is 1. The normalized spacial score (nSPS) is 15.3. The molecule has 0 saturated heterocycles. The number of aliphatic imine (C=N–C) groups is 1. The average Bonchev–Trinajstić information content (AvgIpc) is 2.56. The summed E-state index contributed by atoms with van der Waals surface area (Å²) in [6.07, 6.45) is 4.18. The van der Waals surface area contributed by atoms with E-state index in [0.717, 1.165) is 50.7 Å².